The third-order valence-corrected chi connectivity index (χ3v) is 4.02. The molecule has 114 valence electrons. The van der Waals surface area contributed by atoms with E-state index in [-0.39, 0.29) is 6.42 Å². The molecule has 0 aliphatic heterocycles. The highest BCUT2D eigenvalue weighted by molar-refractivity contribution is 5.99. The molecule has 0 atom stereocenters. The molecule has 0 saturated heterocycles. The van der Waals surface area contributed by atoms with E-state index in [2.05, 4.69) is 10.3 Å². The summed E-state index contributed by atoms with van der Waals surface area (Å²) in [6.07, 6.45) is 3.55. The first kappa shape index (κ1) is 15.3. The van der Waals surface area contributed by atoms with E-state index in [4.69, 9.17) is 10.8 Å². The Bertz CT molecular complexity index is 578. The fourth-order valence-corrected chi connectivity index (χ4v) is 3.21. The molecule has 0 unspecified atom stereocenters. The first-order chi connectivity index (χ1) is 9.83. The van der Waals surface area contributed by atoms with Gasteiger partial charge in [-0.25, -0.2) is 0 Å². The van der Waals surface area contributed by atoms with Gasteiger partial charge >= 0.3 is 5.97 Å². The van der Waals surface area contributed by atoms with Crippen molar-refractivity contribution in [1.29, 1.82) is 0 Å². The molecule has 1 aliphatic rings. The van der Waals surface area contributed by atoms with Gasteiger partial charge in [-0.2, -0.15) is 0 Å². The summed E-state index contributed by atoms with van der Waals surface area (Å²) in [6, 6.07) is 1.76. The molecule has 21 heavy (non-hydrogen) atoms. The van der Waals surface area contributed by atoms with Gasteiger partial charge in [0.2, 0.25) is 0 Å². The average Bonchev–Trinajstić information content (AvgIpc) is 2.74. The molecule has 1 aliphatic carbocycles. The first-order valence-electron chi connectivity index (χ1n) is 7.11. The van der Waals surface area contributed by atoms with Crippen LogP contribution in [0.25, 0.3) is 0 Å². The van der Waals surface area contributed by atoms with Crippen LogP contribution in [-0.2, 0) is 4.79 Å². The van der Waals surface area contributed by atoms with Gasteiger partial charge in [0.05, 0.1) is 23.4 Å². The number of nitrogens with one attached hydrogen (secondary N) is 1. The van der Waals surface area contributed by atoms with Crippen molar-refractivity contribution in [1.82, 2.24) is 4.98 Å². The smallest absolute Gasteiger partial charge is 0.305 e. The molecule has 1 aromatic rings. The monoisotopic (exact) mass is 291 g/mol. The number of aliphatic carboxylic acids is 1. The van der Waals surface area contributed by atoms with Crippen molar-refractivity contribution < 1.29 is 14.7 Å². The SMILES string of the molecule is Cc1cc(NC2(CC(=O)O)CCCC2)c(C(N)=O)c(C)n1. The Hall–Kier alpha value is -2.11. The van der Waals surface area contributed by atoms with Crippen LogP contribution < -0.4 is 11.1 Å². The van der Waals surface area contributed by atoms with Gasteiger partial charge in [0.15, 0.2) is 0 Å². The summed E-state index contributed by atoms with van der Waals surface area (Å²) in [5.74, 6) is -1.39. The molecule has 4 N–H and O–H groups in total. The van der Waals surface area contributed by atoms with Crippen molar-refractivity contribution in [3.05, 3.63) is 23.0 Å². The predicted molar refractivity (Wildman–Crippen MR) is 79.3 cm³/mol. The number of anilines is 1. The number of nitrogens with zero attached hydrogens (tertiary/aromatic N) is 1. The topological polar surface area (TPSA) is 105 Å². The zero-order chi connectivity index (χ0) is 15.6. The largest absolute Gasteiger partial charge is 0.481 e. The van der Waals surface area contributed by atoms with E-state index in [1.807, 2.05) is 6.92 Å². The van der Waals surface area contributed by atoms with E-state index in [1.54, 1.807) is 13.0 Å². The zero-order valence-corrected chi connectivity index (χ0v) is 12.4. The molecular weight excluding hydrogens is 270 g/mol. The number of carbonyl (C=O) groups excluding carboxylic acids is 1. The number of nitrogens with two attached hydrogens (primary N) is 1. The van der Waals surface area contributed by atoms with Crippen molar-refractivity contribution in [3.8, 4) is 0 Å². The van der Waals surface area contributed by atoms with E-state index in [0.29, 0.717) is 16.9 Å². The first-order valence-corrected chi connectivity index (χ1v) is 7.11. The van der Waals surface area contributed by atoms with E-state index in [9.17, 15) is 9.59 Å². The number of primary amides is 1. The quantitative estimate of drug-likeness (QED) is 0.769. The summed E-state index contributed by atoms with van der Waals surface area (Å²) >= 11 is 0. The Morgan fingerprint density at radius 2 is 2.00 bits per heavy atom. The molecule has 1 amide bonds. The predicted octanol–water partition coefficient (Wildman–Crippen LogP) is 2.00. The third kappa shape index (κ3) is 3.32. The lowest BCUT2D eigenvalue weighted by molar-refractivity contribution is -0.138. The van der Waals surface area contributed by atoms with Crippen LogP contribution >= 0.6 is 0 Å². The molecule has 6 heteroatoms. The summed E-state index contributed by atoms with van der Waals surface area (Å²) < 4.78 is 0. The summed E-state index contributed by atoms with van der Waals surface area (Å²) in [5, 5.41) is 12.5. The third-order valence-electron chi connectivity index (χ3n) is 4.02. The standard InChI is InChI=1S/C15H21N3O3/c1-9-7-11(13(14(16)21)10(2)17-9)18-15(8-12(19)20)5-3-4-6-15/h7H,3-6,8H2,1-2H3,(H2,16,21)(H,17,18)(H,19,20). The van der Waals surface area contributed by atoms with Crippen LogP contribution in [0, 0.1) is 13.8 Å². The van der Waals surface area contributed by atoms with Gasteiger partial charge in [0, 0.05) is 11.2 Å². The van der Waals surface area contributed by atoms with Crippen molar-refractivity contribution in [3.63, 3.8) is 0 Å². The molecular formula is C15H21N3O3. The van der Waals surface area contributed by atoms with E-state index in [0.717, 1.165) is 31.4 Å². The second-order valence-corrected chi connectivity index (χ2v) is 5.82. The number of aryl methyl sites for hydroxylation is 2. The van der Waals surface area contributed by atoms with Crippen LogP contribution in [0.4, 0.5) is 5.69 Å². The number of amides is 1. The minimum Gasteiger partial charge on any atom is -0.481 e. The lowest BCUT2D eigenvalue weighted by Crippen LogP contribution is -2.38. The molecule has 0 bridgehead atoms. The van der Waals surface area contributed by atoms with Gasteiger partial charge in [-0.3, -0.25) is 14.6 Å². The molecule has 1 aromatic heterocycles. The number of rotatable bonds is 5. The summed E-state index contributed by atoms with van der Waals surface area (Å²) in [6.45, 7) is 3.57. The zero-order valence-electron chi connectivity index (χ0n) is 12.4. The summed E-state index contributed by atoms with van der Waals surface area (Å²) in [7, 11) is 0. The van der Waals surface area contributed by atoms with Gasteiger partial charge in [0.25, 0.3) is 5.91 Å². The van der Waals surface area contributed by atoms with E-state index < -0.39 is 17.4 Å². The average molecular weight is 291 g/mol. The van der Waals surface area contributed by atoms with Crippen LogP contribution in [0.15, 0.2) is 6.07 Å². The second-order valence-electron chi connectivity index (χ2n) is 5.82. The molecule has 0 spiro atoms. The lowest BCUT2D eigenvalue weighted by Gasteiger charge is -2.31. The molecule has 0 aromatic carbocycles. The van der Waals surface area contributed by atoms with E-state index >= 15 is 0 Å². The number of carboxylic acid groups (broad SMARTS) is 1. The molecule has 1 heterocycles. The molecule has 1 fully saturated rings. The summed E-state index contributed by atoms with van der Waals surface area (Å²) in [4.78, 5) is 27.1. The second kappa shape index (κ2) is 5.71. The van der Waals surface area contributed by atoms with Crippen molar-refractivity contribution in [2.24, 2.45) is 5.73 Å². The van der Waals surface area contributed by atoms with Crippen LogP contribution in [0.5, 0.6) is 0 Å². The van der Waals surface area contributed by atoms with Gasteiger partial charge in [-0.15, -0.1) is 0 Å². The summed E-state index contributed by atoms with van der Waals surface area (Å²) in [5.41, 5.74) is 7.21. The van der Waals surface area contributed by atoms with Crippen molar-refractivity contribution in [2.75, 3.05) is 5.32 Å². The maximum absolute atomic E-state index is 11.7. The number of hydrogen-bond donors (Lipinski definition) is 3. The van der Waals surface area contributed by atoms with Gasteiger partial charge in [0.1, 0.15) is 0 Å². The van der Waals surface area contributed by atoms with Gasteiger partial charge in [-0.05, 0) is 32.8 Å². The number of hydrogen-bond acceptors (Lipinski definition) is 4. The highest BCUT2D eigenvalue weighted by Crippen LogP contribution is 2.37. The van der Waals surface area contributed by atoms with Crippen LogP contribution in [0.3, 0.4) is 0 Å². The van der Waals surface area contributed by atoms with Crippen molar-refractivity contribution in [2.45, 2.75) is 51.5 Å². The van der Waals surface area contributed by atoms with Crippen molar-refractivity contribution >= 4 is 17.6 Å². The number of aromatic nitrogens is 1. The normalized spacial score (nSPS) is 16.7. The maximum Gasteiger partial charge on any atom is 0.305 e. The Balaban J connectivity index is 2.41. The number of carboxylic acids is 1. The lowest BCUT2D eigenvalue weighted by atomic mass is 9.92. The van der Waals surface area contributed by atoms with Gasteiger partial charge in [-0.1, -0.05) is 12.8 Å². The molecule has 0 radical (unpaired) electrons. The van der Waals surface area contributed by atoms with Crippen LogP contribution in [-0.4, -0.2) is 27.5 Å². The van der Waals surface area contributed by atoms with Crippen LogP contribution in [0.1, 0.15) is 53.8 Å². The highest BCUT2D eigenvalue weighted by atomic mass is 16.4. The number of carbonyl (C=O) groups is 2. The van der Waals surface area contributed by atoms with Gasteiger partial charge < -0.3 is 16.2 Å². The maximum atomic E-state index is 11.7. The molecule has 6 nitrogen and oxygen atoms in total. The minimum absolute atomic E-state index is 0.0334. The Kier molecular flexibility index (Phi) is 4.16. The molecule has 2 rings (SSSR count). The highest BCUT2D eigenvalue weighted by Gasteiger charge is 2.37. The van der Waals surface area contributed by atoms with Crippen LogP contribution in [0.2, 0.25) is 0 Å². The number of pyridine rings is 1. The Labute approximate surface area is 123 Å². The fraction of sp³-hybridized carbons (Fsp3) is 0.533. The van der Waals surface area contributed by atoms with E-state index in [1.165, 1.54) is 0 Å². The fourth-order valence-electron chi connectivity index (χ4n) is 3.21. The molecule has 1 saturated carbocycles. The minimum atomic E-state index is -0.840. The Morgan fingerprint density at radius 3 is 2.52 bits per heavy atom. The Morgan fingerprint density at radius 1 is 1.38 bits per heavy atom.